The molecule has 1 fully saturated rings. The summed E-state index contributed by atoms with van der Waals surface area (Å²) in [5.41, 5.74) is 0.311. The van der Waals surface area contributed by atoms with Crippen molar-refractivity contribution in [1.29, 1.82) is 0 Å². The second-order valence-electron chi connectivity index (χ2n) is 4.17. The number of rotatable bonds is 2. The third kappa shape index (κ3) is 1.48. The van der Waals surface area contributed by atoms with Crippen molar-refractivity contribution in [2.75, 3.05) is 0 Å². The smallest absolute Gasteiger partial charge is 0.307 e. The molecular formula is C11H8F2N2O2. The Bertz CT molecular complexity index is 623. The molecule has 88 valence electrons. The summed E-state index contributed by atoms with van der Waals surface area (Å²) in [5.74, 6) is -3.12. The van der Waals surface area contributed by atoms with Crippen molar-refractivity contribution in [3.63, 3.8) is 0 Å². The Kier molecular flexibility index (Phi) is 1.95. The van der Waals surface area contributed by atoms with Crippen LogP contribution < -0.4 is 0 Å². The van der Waals surface area contributed by atoms with E-state index in [1.807, 2.05) is 0 Å². The number of hydrogen-bond acceptors (Lipinski definition) is 2. The van der Waals surface area contributed by atoms with E-state index in [0.29, 0.717) is 17.8 Å². The summed E-state index contributed by atoms with van der Waals surface area (Å²) in [4.78, 5) is 17.5. The fourth-order valence-electron chi connectivity index (χ4n) is 1.98. The molecule has 2 unspecified atom stereocenters. The third-order valence-corrected chi connectivity index (χ3v) is 3.02. The van der Waals surface area contributed by atoms with Gasteiger partial charge >= 0.3 is 5.97 Å². The Morgan fingerprint density at radius 2 is 2.24 bits per heavy atom. The van der Waals surface area contributed by atoms with Crippen LogP contribution in [0, 0.1) is 17.6 Å². The maximum Gasteiger partial charge on any atom is 0.307 e. The Hall–Kier alpha value is -1.98. The van der Waals surface area contributed by atoms with E-state index in [9.17, 15) is 13.6 Å². The van der Waals surface area contributed by atoms with Crippen molar-refractivity contribution >= 4 is 17.0 Å². The molecule has 2 aromatic rings. The van der Waals surface area contributed by atoms with Gasteiger partial charge in [-0.1, -0.05) is 0 Å². The van der Waals surface area contributed by atoms with Crippen molar-refractivity contribution in [3.05, 3.63) is 29.6 Å². The first-order valence-electron chi connectivity index (χ1n) is 5.14. The molecule has 2 atom stereocenters. The van der Waals surface area contributed by atoms with Crippen LogP contribution in [0.1, 0.15) is 18.2 Å². The molecule has 4 nitrogen and oxygen atoms in total. The molecule has 1 heterocycles. The van der Waals surface area contributed by atoms with Crippen LogP contribution in [0.5, 0.6) is 0 Å². The summed E-state index contributed by atoms with van der Waals surface area (Å²) in [6.07, 6.45) is 0.485. The first kappa shape index (κ1) is 10.2. The van der Waals surface area contributed by atoms with E-state index in [-0.39, 0.29) is 11.4 Å². The van der Waals surface area contributed by atoms with Gasteiger partial charge in [0.15, 0.2) is 11.6 Å². The molecule has 6 heteroatoms. The van der Waals surface area contributed by atoms with Gasteiger partial charge < -0.3 is 10.1 Å². The van der Waals surface area contributed by atoms with E-state index in [0.717, 1.165) is 6.07 Å². The third-order valence-electron chi connectivity index (χ3n) is 3.02. The van der Waals surface area contributed by atoms with E-state index >= 15 is 0 Å². The number of aromatic amines is 1. The minimum Gasteiger partial charge on any atom is -0.481 e. The second kappa shape index (κ2) is 3.26. The van der Waals surface area contributed by atoms with Crippen LogP contribution >= 0.6 is 0 Å². The van der Waals surface area contributed by atoms with Crippen LogP contribution in [-0.2, 0) is 4.79 Å². The van der Waals surface area contributed by atoms with Crippen LogP contribution in [0.3, 0.4) is 0 Å². The number of fused-ring (bicyclic) bond motifs is 1. The molecule has 1 aromatic heterocycles. The lowest BCUT2D eigenvalue weighted by atomic mass is 10.3. The number of carbonyl (C=O) groups is 1. The van der Waals surface area contributed by atoms with Crippen molar-refractivity contribution in [2.45, 2.75) is 12.3 Å². The zero-order valence-electron chi connectivity index (χ0n) is 8.58. The number of nitrogens with one attached hydrogen (secondary N) is 1. The highest BCUT2D eigenvalue weighted by atomic mass is 19.2. The highest BCUT2D eigenvalue weighted by molar-refractivity contribution is 5.78. The van der Waals surface area contributed by atoms with Gasteiger partial charge in [-0.25, -0.2) is 13.8 Å². The predicted octanol–water partition coefficient (Wildman–Crippen LogP) is 2.03. The quantitative estimate of drug-likeness (QED) is 0.841. The van der Waals surface area contributed by atoms with E-state index < -0.39 is 23.5 Å². The van der Waals surface area contributed by atoms with Gasteiger partial charge in [0.1, 0.15) is 11.3 Å². The number of carboxylic acids is 1. The van der Waals surface area contributed by atoms with Gasteiger partial charge in [-0.2, -0.15) is 0 Å². The highest BCUT2D eigenvalue weighted by Gasteiger charge is 2.46. The van der Waals surface area contributed by atoms with Crippen LogP contribution in [0.15, 0.2) is 12.1 Å². The van der Waals surface area contributed by atoms with E-state index in [4.69, 9.17) is 5.11 Å². The van der Waals surface area contributed by atoms with Gasteiger partial charge in [0.2, 0.25) is 0 Å². The summed E-state index contributed by atoms with van der Waals surface area (Å²) in [6.45, 7) is 0. The van der Waals surface area contributed by atoms with Gasteiger partial charge in [-0.3, -0.25) is 4.79 Å². The van der Waals surface area contributed by atoms with Crippen LogP contribution in [0.4, 0.5) is 8.78 Å². The first-order valence-corrected chi connectivity index (χ1v) is 5.14. The molecule has 0 saturated heterocycles. The van der Waals surface area contributed by atoms with E-state index in [1.54, 1.807) is 0 Å². The van der Waals surface area contributed by atoms with Crippen molar-refractivity contribution in [2.24, 2.45) is 5.92 Å². The number of hydrogen-bond donors (Lipinski definition) is 2. The average molecular weight is 238 g/mol. The van der Waals surface area contributed by atoms with Crippen LogP contribution in [0.2, 0.25) is 0 Å². The zero-order chi connectivity index (χ0) is 12.2. The van der Waals surface area contributed by atoms with E-state index in [1.165, 1.54) is 6.07 Å². The van der Waals surface area contributed by atoms with Crippen LogP contribution in [0.25, 0.3) is 11.0 Å². The summed E-state index contributed by atoms with van der Waals surface area (Å²) in [6, 6.07) is 2.41. The minimum absolute atomic E-state index is 0.0731. The fourth-order valence-corrected chi connectivity index (χ4v) is 1.98. The van der Waals surface area contributed by atoms with Gasteiger partial charge in [0.05, 0.1) is 11.4 Å². The predicted molar refractivity (Wildman–Crippen MR) is 54.5 cm³/mol. The molecular weight excluding hydrogens is 230 g/mol. The number of nitrogens with zero attached hydrogens (tertiary/aromatic N) is 1. The number of aliphatic carboxylic acids is 1. The summed E-state index contributed by atoms with van der Waals surface area (Å²) in [7, 11) is 0. The average Bonchev–Trinajstić information content (AvgIpc) is 2.98. The summed E-state index contributed by atoms with van der Waals surface area (Å²) in [5, 5.41) is 8.78. The fraction of sp³-hybridized carbons (Fsp3) is 0.273. The SMILES string of the molecule is O=C(O)C1CC1c1nc2c(F)c(F)ccc2[nH]1. The normalized spacial score (nSPS) is 22.9. The lowest BCUT2D eigenvalue weighted by Gasteiger charge is -1.91. The number of H-pyrrole nitrogens is 1. The van der Waals surface area contributed by atoms with Gasteiger partial charge in [0, 0.05) is 5.92 Å². The molecule has 1 aromatic carbocycles. The monoisotopic (exact) mass is 238 g/mol. The molecule has 17 heavy (non-hydrogen) atoms. The number of carboxylic acid groups (broad SMARTS) is 1. The topological polar surface area (TPSA) is 66.0 Å². The first-order chi connectivity index (χ1) is 8.08. The molecule has 0 spiro atoms. The van der Waals surface area contributed by atoms with Gasteiger partial charge in [0.25, 0.3) is 0 Å². The lowest BCUT2D eigenvalue weighted by molar-refractivity contribution is -0.138. The maximum absolute atomic E-state index is 13.4. The molecule has 0 bridgehead atoms. The van der Waals surface area contributed by atoms with Crippen molar-refractivity contribution < 1.29 is 18.7 Å². The lowest BCUT2D eigenvalue weighted by Crippen LogP contribution is -1.99. The molecule has 1 saturated carbocycles. The molecule has 1 aliphatic carbocycles. The highest BCUT2D eigenvalue weighted by Crippen LogP contribution is 2.46. The van der Waals surface area contributed by atoms with Crippen LogP contribution in [-0.4, -0.2) is 21.0 Å². The molecule has 0 amide bonds. The largest absolute Gasteiger partial charge is 0.481 e. The Morgan fingerprint density at radius 3 is 2.88 bits per heavy atom. The molecule has 2 N–H and O–H groups in total. The molecule has 3 rings (SSSR count). The number of halogens is 2. The summed E-state index contributed by atoms with van der Waals surface area (Å²) < 4.78 is 26.3. The Morgan fingerprint density at radius 1 is 1.47 bits per heavy atom. The van der Waals surface area contributed by atoms with Gasteiger partial charge in [-0.05, 0) is 18.6 Å². The Balaban J connectivity index is 2.04. The molecule has 0 aliphatic heterocycles. The number of aromatic nitrogens is 2. The summed E-state index contributed by atoms with van der Waals surface area (Å²) >= 11 is 0. The molecule has 0 radical (unpaired) electrons. The maximum atomic E-state index is 13.4. The zero-order valence-corrected chi connectivity index (χ0v) is 8.58. The van der Waals surface area contributed by atoms with Gasteiger partial charge in [-0.15, -0.1) is 0 Å². The number of benzene rings is 1. The Labute approximate surface area is 94.3 Å². The minimum atomic E-state index is -1.00. The second-order valence-corrected chi connectivity index (χ2v) is 4.17. The molecule has 1 aliphatic rings. The van der Waals surface area contributed by atoms with Crippen molar-refractivity contribution in [3.8, 4) is 0 Å². The van der Waals surface area contributed by atoms with E-state index in [2.05, 4.69) is 9.97 Å². The number of imidazole rings is 1. The standard InChI is InChI=1S/C11H8F2N2O2/c12-6-1-2-7-9(8(6)13)15-10(14-7)4-3-5(4)11(16)17/h1-2,4-5H,3H2,(H,14,15)(H,16,17). The van der Waals surface area contributed by atoms with Crippen molar-refractivity contribution in [1.82, 2.24) is 9.97 Å².